The molecule has 0 fully saturated rings. The average Bonchev–Trinajstić information content (AvgIpc) is 2.71. The van der Waals surface area contributed by atoms with Crippen LogP contribution in [0, 0.1) is 5.92 Å². The molecule has 0 unspecified atom stereocenters. The number of ether oxygens (including phenoxy) is 1. The van der Waals surface area contributed by atoms with Gasteiger partial charge in [0, 0.05) is 26.6 Å². The molecule has 0 atom stereocenters. The molecule has 2 heterocycles. The Morgan fingerprint density at radius 2 is 2.23 bits per heavy atom. The molecular weight excluding hydrogens is 282 g/mol. The minimum atomic E-state index is -0.0639. The molecule has 124 valence electrons. The van der Waals surface area contributed by atoms with Crippen LogP contribution in [0.2, 0.25) is 0 Å². The molecule has 0 saturated heterocycles. The van der Waals surface area contributed by atoms with Crippen LogP contribution >= 0.6 is 0 Å². The number of hydrogen-bond acceptors (Lipinski definition) is 4. The minimum Gasteiger partial charge on any atom is -0.379 e. The zero-order valence-corrected chi connectivity index (χ0v) is 13.8. The van der Waals surface area contributed by atoms with Gasteiger partial charge in [-0.2, -0.15) is 0 Å². The Kier molecular flexibility index (Phi) is 6.18. The molecule has 7 nitrogen and oxygen atoms in total. The van der Waals surface area contributed by atoms with Gasteiger partial charge >= 0.3 is 6.03 Å². The Morgan fingerprint density at radius 3 is 3.00 bits per heavy atom. The molecular formula is C15H27N5O2. The molecule has 0 bridgehead atoms. The fourth-order valence-electron chi connectivity index (χ4n) is 2.48. The SMILES string of the molecule is CC(C)CCCNC(=O)N(C)Cc1nnc2n1CCOCC2. The number of aromatic nitrogens is 3. The summed E-state index contributed by atoms with van der Waals surface area (Å²) in [5.41, 5.74) is 0. The molecule has 22 heavy (non-hydrogen) atoms. The van der Waals surface area contributed by atoms with Crippen LogP contribution < -0.4 is 5.32 Å². The largest absolute Gasteiger partial charge is 0.379 e. The van der Waals surface area contributed by atoms with Crippen LogP contribution in [-0.4, -0.2) is 52.5 Å². The van der Waals surface area contributed by atoms with Gasteiger partial charge in [0.2, 0.25) is 0 Å². The van der Waals surface area contributed by atoms with E-state index in [2.05, 4.69) is 33.9 Å². The third-order valence-corrected chi connectivity index (χ3v) is 3.79. The van der Waals surface area contributed by atoms with Gasteiger partial charge in [-0.25, -0.2) is 4.79 Å². The van der Waals surface area contributed by atoms with Crippen LogP contribution in [0.4, 0.5) is 4.79 Å². The average molecular weight is 309 g/mol. The highest BCUT2D eigenvalue weighted by atomic mass is 16.5. The van der Waals surface area contributed by atoms with Crippen molar-refractivity contribution in [1.29, 1.82) is 0 Å². The van der Waals surface area contributed by atoms with Gasteiger partial charge in [0.15, 0.2) is 5.82 Å². The highest BCUT2D eigenvalue weighted by Gasteiger charge is 2.17. The second kappa shape index (κ2) is 8.12. The summed E-state index contributed by atoms with van der Waals surface area (Å²) in [6.45, 7) is 7.66. The van der Waals surface area contributed by atoms with Crippen LogP contribution in [0.15, 0.2) is 0 Å². The van der Waals surface area contributed by atoms with Gasteiger partial charge in [-0.05, 0) is 18.8 Å². The Labute approximate surface area is 132 Å². The second-order valence-corrected chi connectivity index (χ2v) is 6.17. The lowest BCUT2D eigenvalue weighted by atomic mass is 10.1. The number of fused-ring (bicyclic) bond motifs is 1. The third kappa shape index (κ3) is 4.69. The second-order valence-electron chi connectivity index (χ2n) is 6.17. The van der Waals surface area contributed by atoms with Crippen molar-refractivity contribution in [2.75, 3.05) is 26.8 Å². The van der Waals surface area contributed by atoms with Crippen molar-refractivity contribution in [2.24, 2.45) is 5.92 Å². The van der Waals surface area contributed by atoms with E-state index in [1.807, 2.05) is 0 Å². The van der Waals surface area contributed by atoms with Gasteiger partial charge < -0.3 is 19.5 Å². The van der Waals surface area contributed by atoms with Crippen LogP contribution in [0.1, 0.15) is 38.3 Å². The Balaban J connectivity index is 1.82. The summed E-state index contributed by atoms with van der Waals surface area (Å²) < 4.78 is 7.51. The first kappa shape index (κ1) is 16.7. The quantitative estimate of drug-likeness (QED) is 0.807. The summed E-state index contributed by atoms with van der Waals surface area (Å²) in [6.07, 6.45) is 2.91. The zero-order valence-electron chi connectivity index (χ0n) is 13.8. The van der Waals surface area contributed by atoms with E-state index < -0.39 is 0 Å². The topological polar surface area (TPSA) is 72.3 Å². The predicted octanol–water partition coefficient (Wildman–Crippen LogP) is 1.43. The zero-order chi connectivity index (χ0) is 15.9. The fourth-order valence-corrected chi connectivity index (χ4v) is 2.48. The summed E-state index contributed by atoms with van der Waals surface area (Å²) >= 11 is 0. The van der Waals surface area contributed by atoms with Crippen molar-refractivity contribution < 1.29 is 9.53 Å². The Morgan fingerprint density at radius 1 is 1.41 bits per heavy atom. The van der Waals surface area contributed by atoms with Crippen molar-refractivity contribution in [1.82, 2.24) is 25.0 Å². The van der Waals surface area contributed by atoms with Gasteiger partial charge in [-0.1, -0.05) is 13.8 Å². The molecule has 0 radical (unpaired) electrons. The van der Waals surface area contributed by atoms with Gasteiger partial charge in [0.25, 0.3) is 0 Å². The van der Waals surface area contributed by atoms with Crippen LogP contribution in [0.5, 0.6) is 0 Å². The molecule has 1 aliphatic rings. The number of nitrogens with one attached hydrogen (secondary N) is 1. The standard InChI is InChI=1S/C15H27N5O2/c1-12(2)5-4-7-16-15(21)19(3)11-14-18-17-13-6-9-22-10-8-20(13)14/h12H,4-11H2,1-3H3,(H,16,21). The van der Waals surface area contributed by atoms with E-state index in [1.54, 1.807) is 11.9 Å². The van der Waals surface area contributed by atoms with E-state index in [1.165, 1.54) is 0 Å². The molecule has 7 heteroatoms. The van der Waals surface area contributed by atoms with E-state index >= 15 is 0 Å². The molecule has 2 amide bonds. The van der Waals surface area contributed by atoms with E-state index in [-0.39, 0.29) is 6.03 Å². The minimum absolute atomic E-state index is 0.0639. The van der Waals surface area contributed by atoms with Crippen molar-refractivity contribution in [2.45, 2.75) is 46.2 Å². The number of amides is 2. The van der Waals surface area contributed by atoms with Crippen molar-refractivity contribution in [3.05, 3.63) is 11.6 Å². The number of carbonyl (C=O) groups is 1. The molecule has 1 N–H and O–H groups in total. The lowest BCUT2D eigenvalue weighted by Crippen LogP contribution is -2.38. The number of rotatable bonds is 6. The highest BCUT2D eigenvalue weighted by Crippen LogP contribution is 2.09. The number of hydrogen-bond donors (Lipinski definition) is 1. The third-order valence-electron chi connectivity index (χ3n) is 3.79. The van der Waals surface area contributed by atoms with Crippen LogP contribution in [0.25, 0.3) is 0 Å². The molecule has 2 rings (SSSR count). The monoisotopic (exact) mass is 309 g/mol. The van der Waals surface area contributed by atoms with Crippen LogP contribution in [0.3, 0.4) is 0 Å². The molecule has 1 aliphatic heterocycles. The van der Waals surface area contributed by atoms with Gasteiger partial charge in [-0.3, -0.25) is 0 Å². The number of nitrogens with zero attached hydrogens (tertiary/aromatic N) is 4. The lowest BCUT2D eigenvalue weighted by molar-refractivity contribution is 0.139. The first-order valence-corrected chi connectivity index (χ1v) is 8.05. The highest BCUT2D eigenvalue weighted by molar-refractivity contribution is 5.73. The molecule has 1 aromatic rings. The number of urea groups is 1. The molecule has 0 aliphatic carbocycles. The molecule has 0 spiro atoms. The van der Waals surface area contributed by atoms with E-state index in [9.17, 15) is 4.79 Å². The van der Waals surface area contributed by atoms with E-state index in [4.69, 9.17) is 4.74 Å². The number of carbonyl (C=O) groups excluding carboxylic acids is 1. The summed E-state index contributed by atoms with van der Waals surface area (Å²) in [6, 6.07) is -0.0639. The molecule has 1 aromatic heterocycles. The van der Waals surface area contributed by atoms with E-state index in [0.717, 1.165) is 37.5 Å². The summed E-state index contributed by atoms with van der Waals surface area (Å²) in [5, 5.41) is 11.4. The summed E-state index contributed by atoms with van der Waals surface area (Å²) in [5.74, 6) is 2.43. The van der Waals surface area contributed by atoms with Crippen molar-refractivity contribution in [3.63, 3.8) is 0 Å². The van der Waals surface area contributed by atoms with Gasteiger partial charge in [0.05, 0.1) is 19.8 Å². The first-order chi connectivity index (χ1) is 10.6. The maximum atomic E-state index is 12.1. The van der Waals surface area contributed by atoms with Crippen molar-refractivity contribution >= 4 is 6.03 Å². The van der Waals surface area contributed by atoms with Gasteiger partial charge in [0.1, 0.15) is 5.82 Å². The lowest BCUT2D eigenvalue weighted by Gasteiger charge is -2.18. The van der Waals surface area contributed by atoms with Gasteiger partial charge in [-0.15, -0.1) is 10.2 Å². The first-order valence-electron chi connectivity index (χ1n) is 8.05. The molecule has 0 saturated carbocycles. The maximum Gasteiger partial charge on any atom is 0.317 e. The maximum absolute atomic E-state index is 12.1. The van der Waals surface area contributed by atoms with Crippen LogP contribution in [-0.2, 0) is 24.2 Å². The summed E-state index contributed by atoms with van der Waals surface area (Å²) in [4.78, 5) is 13.7. The van der Waals surface area contributed by atoms with Crippen molar-refractivity contribution in [3.8, 4) is 0 Å². The predicted molar refractivity (Wildman–Crippen MR) is 83.5 cm³/mol. The smallest absolute Gasteiger partial charge is 0.317 e. The molecule has 0 aromatic carbocycles. The normalized spacial score (nSPS) is 14.5. The summed E-state index contributed by atoms with van der Waals surface area (Å²) in [7, 11) is 1.78. The van der Waals surface area contributed by atoms with E-state index in [0.29, 0.717) is 32.2 Å². The Hall–Kier alpha value is -1.63. The Bertz CT molecular complexity index is 486. The fraction of sp³-hybridized carbons (Fsp3) is 0.800.